The number of carbonyl (C=O) groups is 2. The van der Waals surface area contributed by atoms with Gasteiger partial charge < -0.3 is 10.4 Å². The number of nitrogens with one attached hydrogen (secondary N) is 1. The number of anilines is 1. The van der Waals surface area contributed by atoms with Crippen LogP contribution in [0.25, 0.3) is 0 Å². The van der Waals surface area contributed by atoms with E-state index in [1.165, 1.54) is 17.1 Å². The molecule has 2 heterocycles. The quantitative estimate of drug-likeness (QED) is 0.830. The Labute approximate surface area is 121 Å². The van der Waals surface area contributed by atoms with Gasteiger partial charge in [-0.15, -0.1) is 0 Å². The van der Waals surface area contributed by atoms with Gasteiger partial charge in [0.1, 0.15) is 12.4 Å². The molecule has 0 aromatic carbocycles. The lowest BCUT2D eigenvalue weighted by atomic mass is 10.3. The van der Waals surface area contributed by atoms with Gasteiger partial charge in [0.15, 0.2) is 0 Å². The van der Waals surface area contributed by atoms with E-state index >= 15 is 0 Å². The molecule has 2 N–H and O–H groups in total. The summed E-state index contributed by atoms with van der Waals surface area (Å²) in [6, 6.07) is 1.79. The van der Waals surface area contributed by atoms with Crippen molar-refractivity contribution in [2.75, 3.05) is 5.32 Å². The van der Waals surface area contributed by atoms with Crippen molar-refractivity contribution >= 4 is 17.7 Å². The second-order valence-electron chi connectivity index (χ2n) is 4.67. The zero-order chi connectivity index (χ0) is 15.4. The van der Waals surface area contributed by atoms with Crippen molar-refractivity contribution in [1.82, 2.24) is 19.6 Å². The van der Waals surface area contributed by atoms with E-state index in [9.17, 15) is 9.59 Å². The Bertz CT molecular complexity index is 659. The average molecular weight is 291 g/mol. The number of hydrogen-bond donors (Lipinski definition) is 2. The fourth-order valence-corrected chi connectivity index (χ4v) is 1.92. The van der Waals surface area contributed by atoms with Crippen LogP contribution in [-0.4, -0.2) is 36.5 Å². The number of aliphatic carboxylic acids is 1. The first-order valence-electron chi connectivity index (χ1n) is 6.59. The van der Waals surface area contributed by atoms with Gasteiger partial charge in [0, 0.05) is 18.8 Å². The van der Waals surface area contributed by atoms with Crippen LogP contribution in [-0.2, 0) is 17.9 Å². The Morgan fingerprint density at radius 3 is 2.86 bits per heavy atom. The standard InChI is InChI=1S/C13H17N5O3/c1-3-4-18-11(5-9(2)16-18)15-13(21)10-6-14-17(7-10)8-12(19)20/h5-7H,3-4,8H2,1-2H3,(H,15,21)(H,19,20). The fourth-order valence-electron chi connectivity index (χ4n) is 1.92. The summed E-state index contributed by atoms with van der Waals surface area (Å²) in [5.41, 5.74) is 1.12. The predicted octanol–water partition coefficient (Wildman–Crippen LogP) is 1.13. The Morgan fingerprint density at radius 1 is 1.43 bits per heavy atom. The molecule has 0 aliphatic rings. The van der Waals surface area contributed by atoms with E-state index < -0.39 is 5.97 Å². The predicted molar refractivity (Wildman–Crippen MR) is 75.1 cm³/mol. The van der Waals surface area contributed by atoms with Crippen LogP contribution in [0, 0.1) is 6.92 Å². The van der Waals surface area contributed by atoms with Crippen molar-refractivity contribution in [1.29, 1.82) is 0 Å². The fraction of sp³-hybridized carbons (Fsp3) is 0.385. The second kappa shape index (κ2) is 6.21. The molecule has 0 saturated carbocycles. The summed E-state index contributed by atoms with van der Waals surface area (Å²) in [6.07, 6.45) is 3.64. The number of aromatic nitrogens is 4. The first kappa shape index (κ1) is 14.8. The Balaban J connectivity index is 2.10. The summed E-state index contributed by atoms with van der Waals surface area (Å²) in [7, 11) is 0. The van der Waals surface area contributed by atoms with Crippen LogP contribution in [0.3, 0.4) is 0 Å². The second-order valence-corrected chi connectivity index (χ2v) is 4.67. The number of carboxylic acid groups (broad SMARTS) is 1. The SMILES string of the molecule is CCCn1nc(C)cc1NC(=O)c1cnn(CC(=O)O)c1. The van der Waals surface area contributed by atoms with E-state index in [2.05, 4.69) is 15.5 Å². The van der Waals surface area contributed by atoms with E-state index in [0.29, 0.717) is 17.9 Å². The summed E-state index contributed by atoms with van der Waals surface area (Å²) >= 11 is 0. The molecule has 8 nitrogen and oxygen atoms in total. The van der Waals surface area contributed by atoms with Gasteiger partial charge in [0.05, 0.1) is 17.5 Å². The normalized spacial score (nSPS) is 10.6. The molecule has 2 rings (SSSR count). The van der Waals surface area contributed by atoms with E-state index in [1.807, 2.05) is 13.8 Å². The molecule has 2 aromatic heterocycles. The number of carboxylic acids is 1. The number of nitrogens with zero attached hydrogens (tertiary/aromatic N) is 4. The van der Waals surface area contributed by atoms with Crippen molar-refractivity contribution in [3.63, 3.8) is 0 Å². The molecule has 112 valence electrons. The molecule has 8 heteroatoms. The molecule has 1 amide bonds. The summed E-state index contributed by atoms with van der Waals surface area (Å²) in [4.78, 5) is 22.7. The third-order valence-corrected chi connectivity index (χ3v) is 2.77. The maximum Gasteiger partial charge on any atom is 0.325 e. The van der Waals surface area contributed by atoms with E-state index in [4.69, 9.17) is 5.11 Å². The lowest BCUT2D eigenvalue weighted by molar-refractivity contribution is -0.137. The molecule has 0 bridgehead atoms. The van der Waals surface area contributed by atoms with Crippen LogP contribution >= 0.6 is 0 Å². The largest absolute Gasteiger partial charge is 0.480 e. The highest BCUT2D eigenvalue weighted by Crippen LogP contribution is 2.12. The van der Waals surface area contributed by atoms with Crippen LogP contribution < -0.4 is 5.32 Å². The van der Waals surface area contributed by atoms with Crippen molar-refractivity contribution in [2.24, 2.45) is 0 Å². The number of carbonyl (C=O) groups excluding carboxylic acids is 1. The lowest BCUT2D eigenvalue weighted by Crippen LogP contribution is -2.15. The van der Waals surface area contributed by atoms with Gasteiger partial charge in [-0.2, -0.15) is 10.2 Å². The highest BCUT2D eigenvalue weighted by atomic mass is 16.4. The number of rotatable bonds is 6. The maximum absolute atomic E-state index is 12.1. The Kier molecular flexibility index (Phi) is 4.36. The summed E-state index contributed by atoms with van der Waals surface area (Å²) in [5, 5.41) is 19.6. The van der Waals surface area contributed by atoms with Gasteiger partial charge in [-0.05, 0) is 13.3 Å². The van der Waals surface area contributed by atoms with Crippen LogP contribution in [0.5, 0.6) is 0 Å². The number of hydrogen-bond acceptors (Lipinski definition) is 4. The van der Waals surface area contributed by atoms with Crippen molar-refractivity contribution in [2.45, 2.75) is 33.4 Å². The molecule has 21 heavy (non-hydrogen) atoms. The van der Waals surface area contributed by atoms with Crippen molar-refractivity contribution in [3.05, 3.63) is 29.7 Å². The Hall–Kier alpha value is -2.64. The van der Waals surface area contributed by atoms with Crippen molar-refractivity contribution < 1.29 is 14.7 Å². The molecule has 0 unspecified atom stereocenters. The van der Waals surface area contributed by atoms with Gasteiger partial charge in [0.2, 0.25) is 0 Å². The zero-order valence-electron chi connectivity index (χ0n) is 11.9. The molecule has 0 radical (unpaired) electrons. The highest BCUT2D eigenvalue weighted by Gasteiger charge is 2.13. The summed E-state index contributed by atoms with van der Waals surface area (Å²) in [5.74, 6) is -0.740. The molecule has 0 spiro atoms. The summed E-state index contributed by atoms with van der Waals surface area (Å²) < 4.78 is 2.93. The first-order valence-corrected chi connectivity index (χ1v) is 6.59. The van der Waals surface area contributed by atoms with Crippen molar-refractivity contribution in [3.8, 4) is 0 Å². The molecule has 2 aromatic rings. The van der Waals surface area contributed by atoms with Gasteiger partial charge in [0.25, 0.3) is 5.91 Å². The monoisotopic (exact) mass is 291 g/mol. The molecule has 0 atom stereocenters. The molecular formula is C13H17N5O3. The smallest absolute Gasteiger partial charge is 0.325 e. The highest BCUT2D eigenvalue weighted by molar-refractivity contribution is 6.03. The average Bonchev–Trinajstić information content (AvgIpc) is 2.97. The third kappa shape index (κ3) is 3.68. The van der Waals surface area contributed by atoms with Crippen LogP contribution in [0.15, 0.2) is 18.5 Å². The topological polar surface area (TPSA) is 102 Å². The number of amides is 1. The molecule has 0 fully saturated rings. The van der Waals surface area contributed by atoms with E-state index in [-0.39, 0.29) is 12.5 Å². The number of aryl methyl sites for hydroxylation is 2. The molecular weight excluding hydrogens is 274 g/mol. The van der Waals surface area contributed by atoms with Gasteiger partial charge in [-0.25, -0.2) is 4.68 Å². The van der Waals surface area contributed by atoms with E-state index in [1.54, 1.807) is 10.7 Å². The van der Waals surface area contributed by atoms with Gasteiger partial charge in [-0.1, -0.05) is 6.92 Å². The van der Waals surface area contributed by atoms with Crippen LogP contribution in [0.1, 0.15) is 29.4 Å². The lowest BCUT2D eigenvalue weighted by Gasteiger charge is -2.06. The van der Waals surface area contributed by atoms with Gasteiger partial charge >= 0.3 is 5.97 Å². The minimum atomic E-state index is -1.01. The van der Waals surface area contributed by atoms with E-state index in [0.717, 1.165) is 12.1 Å². The molecule has 0 aliphatic heterocycles. The summed E-state index contributed by atoms with van der Waals surface area (Å²) in [6.45, 7) is 4.31. The minimum Gasteiger partial charge on any atom is -0.480 e. The molecule has 0 aliphatic carbocycles. The van der Waals surface area contributed by atoms with Gasteiger partial charge in [-0.3, -0.25) is 14.3 Å². The first-order chi connectivity index (χ1) is 9.99. The third-order valence-electron chi connectivity index (χ3n) is 2.77. The Morgan fingerprint density at radius 2 is 2.19 bits per heavy atom. The van der Waals surface area contributed by atoms with Crippen LogP contribution in [0.4, 0.5) is 5.82 Å². The maximum atomic E-state index is 12.1. The zero-order valence-corrected chi connectivity index (χ0v) is 11.9. The van der Waals surface area contributed by atoms with Crippen LogP contribution in [0.2, 0.25) is 0 Å². The minimum absolute atomic E-state index is 0.278. The molecule has 0 saturated heterocycles.